The lowest BCUT2D eigenvalue weighted by Gasteiger charge is -2.34. The molecule has 1 unspecified atom stereocenters. The van der Waals surface area contributed by atoms with Gasteiger partial charge in [0.1, 0.15) is 0 Å². The Morgan fingerprint density at radius 1 is 1.00 bits per heavy atom. The quantitative estimate of drug-likeness (QED) is 0.741. The number of likely N-dealkylation sites (N-methyl/N-ethyl adjacent to an activating group) is 1. The molecule has 0 saturated carbocycles. The SMILES string of the molecule is CC(C)CN(CCN(C)C)CC(N)C(C)(C)C. The van der Waals surface area contributed by atoms with Crippen LogP contribution >= 0.6 is 0 Å². The second kappa shape index (κ2) is 7.34. The van der Waals surface area contributed by atoms with Crippen LogP contribution in [0.15, 0.2) is 0 Å². The fourth-order valence-electron chi connectivity index (χ4n) is 1.67. The van der Waals surface area contributed by atoms with Gasteiger partial charge in [0.15, 0.2) is 0 Å². The van der Waals surface area contributed by atoms with Crippen LogP contribution in [-0.2, 0) is 0 Å². The zero-order valence-corrected chi connectivity index (χ0v) is 13.0. The van der Waals surface area contributed by atoms with E-state index in [4.69, 9.17) is 5.73 Å². The summed E-state index contributed by atoms with van der Waals surface area (Å²) >= 11 is 0. The third-order valence-corrected chi connectivity index (χ3v) is 3.05. The van der Waals surface area contributed by atoms with Crippen LogP contribution in [0.1, 0.15) is 34.6 Å². The average molecular weight is 243 g/mol. The second-order valence-corrected chi connectivity index (χ2v) is 6.93. The standard InChI is InChI=1S/C14H33N3/c1-12(2)10-17(9-8-16(6)7)11-13(15)14(3,4)5/h12-13H,8-11,15H2,1-7H3. The molecule has 0 aromatic rings. The van der Waals surface area contributed by atoms with Crippen molar-refractivity contribution < 1.29 is 0 Å². The zero-order valence-electron chi connectivity index (χ0n) is 13.0. The van der Waals surface area contributed by atoms with Crippen molar-refractivity contribution in [3.05, 3.63) is 0 Å². The predicted octanol–water partition coefficient (Wildman–Crippen LogP) is 1.88. The first-order valence-corrected chi connectivity index (χ1v) is 6.75. The molecular formula is C14H33N3. The summed E-state index contributed by atoms with van der Waals surface area (Å²) in [7, 11) is 4.24. The van der Waals surface area contributed by atoms with Gasteiger partial charge in [-0.25, -0.2) is 0 Å². The molecule has 3 heteroatoms. The van der Waals surface area contributed by atoms with E-state index < -0.39 is 0 Å². The molecule has 0 heterocycles. The van der Waals surface area contributed by atoms with Crippen LogP contribution in [0, 0.1) is 11.3 Å². The molecule has 0 rings (SSSR count). The van der Waals surface area contributed by atoms with Crippen molar-refractivity contribution >= 4 is 0 Å². The average Bonchev–Trinajstić information content (AvgIpc) is 2.11. The van der Waals surface area contributed by atoms with Crippen molar-refractivity contribution in [2.45, 2.75) is 40.7 Å². The Kier molecular flexibility index (Phi) is 7.29. The van der Waals surface area contributed by atoms with E-state index in [0.29, 0.717) is 5.92 Å². The highest BCUT2D eigenvalue weighted by molar-refractivity contribution is 4.80. The van der Waals surface area contributed by atoms with E-state index in [-0.39, 0.29) is 11.5 Å². The molecule has 0 aromatic carbocycles. The fourth-order valence-corrected chi connectivity index (χ4v) is 1.67. The number of hydrogen-bond donors (Lipinski definition) is 1. The predicted molar refractivity (Wildman–Crippen MR) is 77.3 cm³/mol. The van der Waals surface area contributed by atoms with Gasteiger partial charge in [-0.1, -0.05) is 34.6 Å². The Balaban J connectivity index is 4.27. The molecular weight excluding hydrogens is 210 g/mol. The van der Waals surface area contributed by atoms with Gasteiger partial charge in [0.2, 0.25) is 0 Å². The van der Waals surface area contributed by atoms with E-state index >= 15 is 0 Å². The van der Waals surface area contributed by atoms with E-state index in [1.54, 1.807) is 0 Å². The van der Waals surface area contributed by atoms with Gasteiger partial charge in [-0.15, -0.1) is 0 Å². The first-order valence-electron chi connectivity index (χ1n) is 6.75. The van der Waals surface area contributed by atoms with Crippen LogP contribution in [0.2, 0.25) is 0 Å². The molecule has 2 N–H and O–H groups in total. The van der Waals surface area contributed by atoms with Gasteiger partial charge in [-0.05, 0) is 25.4 Å². The molecule has 1 atom stereocenters. The highest BCUT2D eigenvalue weighted by Gasteiger charge is 2.23. The minimum Gasteiger partial charge on any atom is -0.326 e. The fraction of sp³-hybridized carbons (Fsp3) is 1.00. The number of nitrogens with two attached hydrogens (primary N) is 1. The molecule has 0 spiro atoms. The van der Waals surface area contributed by atoms with Gasteiger partial charge in [0, 0.05) is 32.2 Å². The van der Waals surface area contributed by atoms with Crippen LogP contribution in [0.25, 0.3) is 0 Å². The van der Waals surface area contributed by atoms with E-state index in [1.165, 1.54) is 0 Å². The topological polar surface area (TPSA) is 32.5 Å². The normalized spacial score (nSPS) is 15.0. The summed E-state index contributed by atoms with van der Waals surface area (Å²) in [6.07, 6.45) is 0. The Morgan fingerprint density at radius 2 is 1.53 bits per heavy atom. The maximum atomic E-state index is 6.28. The second-order valence-electron chi connectivity index (χ2n) is 6.93. The van der Waals surface area contributed by atoms with E-state index in [0.717, 1.165) is 26.2 Å². The summed E-state index contributed by atoms with van der Waals surface area (Å²) in [5.41, 5.74) is 6.47. The molecule has 0 aromatic heterocycles. The molecule has 0 fully saturated rings. The molecule has 0 saturated heterocycles. The minimum atomic E-state index is 0.188. The summed E-state index contributed by atoms with van der Waals surface area (Å²) in [5, 5.41) is 0. The van der Waals surface area contributed by atoms with Crippen molar-refractivity contribution in [1.82, 2.24) is 9.80 Å². The van der Waals surface area contributed by atoms with Gasteiger partial charge in [-0.2, -0.15) is 0 Å². The molecule has 0 radical (unpaired) electrons. The van der Waals surface area contributed by atoms with Crippen molar-refractivity contribution in [3.63, 3.8) is 0 Å². The van der Waals surface area contributed by atoms with Crippen LogP contribution in [0.3, 0.4) is 0 Å². The van der Waals surface area contributed by atoms with Crippen LogP contribution in [0.4, 0.5) is 0 Å². The Labute approximate surface area is 108 Å². The molecule has 0 aliphatic rings. The van der Waals surface area contributed by atoms with Crippen LogP contribution < -0.4 is 5.73 Å². The third-order valence-electron chi connectivity index (χ3n) is 3.05. The number of nitrogens with zero attached hydrogens (tertiary/aromatic N) is 2. The van der Waals surface area contributed by atoms with E-state index in [2.05, 4.69) is 58.5 Å². The van der Waals surface area contributed by atoms with Gasteiger partial charge in [-0.3, -0.25) is 0 Å². The van der Waals surface area contributed by atoms with E-state index in [9.17, 15) is 0 Å². The smallest absolute Gasteiger partial charge is 0.0217 e. The molecule has 0 bridgehead atoms. The summed E-state index contributed by atoms with van der Waals surface area (Å²) < 4.78 is 0. The third kappa shape index (κ3) is 8.58. The molecule has 3 nitrogen and oxygen atoms in total. The van der Waals surface area contributed by atoms with Crippen molar-refractivity contribution in [3.8, 4) is 0 Å². The van der Waals surface area contributed by atoms with E-state index in [1.807, 2.05) is 0 Å². The summed E-state index contributed by atoms with van der Waals surface area (Å²) in [6, 6.07) is 0.239. The maximum absolute atomic E-state index is 6.28. The van der Waals surface area contributed by atoms with Gasteiger partial charge in [0.25, 0.3) is 0 Å². The molecule has 104 valence electrons. The lowest BCUT2D eigenvalue weighted by Crippen LogP contribution is -2.47. The summed E-state index contributed by atoms with van der Waals surface area (Å²) in [4.78, 5) is 4.73. The lowest BCUT2D eigenvalue weighted by molar-refractivity contribution is 0.171. The lowest BCUT2D eigenvalue weighted by atomic mass is 9.87. The first kappa shape index (κ1) is 16.9. The van der Waals surface area contributed by atoms with Gasteiger partial charge in [0.05, 0.1) is 0 Å². The Hall–Kier alpha value is -0.120. The summed E-state index contributed by atoms with van der Waals surface area (Å²) in [6.45, 7) is 15.5. The Bertz CT molecular complexity index is 194. The van der Waals surface area contributed by atoms with Crippen molar-refractivity contribution in [1.29, 1.82) is 0 Å². The van der Waals surface area contributed by atoms with Gasteiger partial charge < -0.3 is 15.5 Å². The maximum Gasteiger partial charge on any atom is 0.0217 e. The highest BCUT2D eigenvalue weighted by Crippen LogP contribution is 2.18. The molecule has 17 heavy (non-hydrogen) atoms. The molecule has 0 amide bonds. The highest BCUT2D eigenvalue weighted by atomic mass is 15.2. The Morgan fingerprint density at radius 3 is 1.88 bits per heavy atom. The zero-order chi connectivity index (χ0) is 13.6. The first-order chi connectivity index (χ1) is 7.62. The monoisotopic (exact) mass is 243 g/mol. The van der Waals surface area contributed by atoms with Crippen molar-refractivity contribution in [2.75, 3.05) is 40.3 Å². The molecule has 0 aliphatic carbocycles. The largest absolute Gasteiger partial charge is 0.326 e. The van der Waals surface area contributed by atoms with Gasteiger partial charge >= 0.3 is 0 Å². The summed E-state index contributed by atoms with van der Waals surface area (Å²) in [5.74, 6) is 0.698. The number of hydrogen-bond acceptors (Lipinski definition) is 3. The van der Waals surface area contributed by atoms with Crippen LogP contribution in [0.5, 0.6) is 0 Å². The molecule has 0 aliphatic heterocycles. The van der Waals surface area contributed by atoms with Crippen LogP contribution in [-0.4, -0.2) is 56.1 Å². The van der Waals surface area contributed by atoms with Crippen molar-refractivity contribution in [2.24, 2.45) is 17.1 Å². The number of rotatable bonds is 7. The minimum absolute atomic E-state index is 0.188.